The second-order valence-electron chi connectivity index (χ2n) is 8.41. The molecule has 2 aliphatic rings. The second kappa shape index (κ2) is 7.78. The van der Waals surface area contributed by atoms with Gasteiger partial charge in [-0.05, 0) is 36.3 Å². The summed E-state index contributed by atoms with van der Waals surface area (Å²) in [7, 11) is 0. The Morgan fingerprint density at radius 1 is 1.29 bits per heavy atom. The summed E-state index contributed by atoms with van der Waals surface area (Å²) in [6.45, 7) is 12.0. The number of ketones is 1. The van der Waals surface area contributed by atoms with Crippen LogP contribution in [0.1, 0.15) is 57.6 Å². The van der Waals surface area contributed by atoms with Crippen molar-refractivity contribution in [3.8, 4) is 0 Å². The predicted molar refractivity (Wildman–Crippen MR) is 111 cm³/mol. The highest BCUT2D eigenvalue weighted by molar-refractivity contribution is 6.04. The third-order valence-electron chi connectivity index (χ3n) is 5.51. The van der Waals surface area contributed by atoms with Gasteiger partial charge in [0.15, 0.2) is 5.78 Å². The van der Waals surface area contributed by atoms with E-state index in [1.165, 1.54) is 5.56 Å². The lowest BCUT2D eigenvalue weighted by molar-refractivity contribution is -0.138. The Kier molecular flexibility index (Phi) is 5.59. The summed E-state index contributed by atoms with van der Waals surface area (Å²) < 4.78 is 5.36. The van der Waals surface area contributed by atoms with E-state index in [1.807, 2.05) is 19.1 Å². The molecular formula is C24H29NO3. The Bertz CT molecular complexity index is 872. The number of esters is 1. The van der Waals surface area contributed by atoms with Crippen LogP contribution in [-0.4, -0.2) is 18.4 Å². The number of rotatable bonds is 5. The van der Waals surface area contributed by atoms with Gasteiger partial charge in [-0.2, -0.15) is 0 Å². The van der Waals surface area contributed by atoms with Gasteiger partial charge >= 0.3 is 5.97 Å². The number of carbonyl (C=O) groups is 2. The topological polar surface area (TPSA) is 55.4 Å². The highest BCUT2D eigenvalue weighted by atomic mass is 16.5. The molecule has 0 spiro atoms. The zero-order valence-electron chi connectivity index (χ0n) is 17.2. The molecule has 0 aromatic heterocycles. The number of benzene rings is 1. The predicted octanol–water partition coefficient (Wildman–Crippen LogP) is 4.58. The maximum absolute atomic E-state index is 13.2. The normalized spacial score (nSPS) is 21.1. The third-order valence-corrected chi connectivity index (χ3v) is 5.51. The molecule has 4 nitrogen and oxygen atoms in total. The molecule has 0 unspecified atom stereocenters. The average molecular weight is 380 g/mol. The van der Waals surface area contributed by atoms with E-state index in [4.69, 9.17) is 4.74 Å². The van der Waals surface area contributed by atoms with Crippen LogP contribution in [0.5, 0.6) is 0 Å². The number of Topliss-reactive ketones (excluding diaryl/α,β-unsaturated/α-hetero) is 1. The minimum absolute atomic E-state index is 0.0966. The quantitative estimate of drug-likeness (QED) is 0.601. The summed E-state index contributed by atoms with van der Waals surface area (Å²) in [6.07, 6.45) is 3.75. The van der Waals surface area contributed by atoms with Crippen LogP contribution in [0.4, 0.5) is 0 Å². The van der Waals surface area contributed by atoms with Gasteiger partial charge in [0.25, 0.3) is 0 Å². The Morgan fingerprint density at radius 3 is 2.57 bits per heavy atom. The van der Waals surface area contributed by atoms with Crippen molar-refractivity contribution < 1.29 is 14.3 Å². The van der Waals surface area contributed by atoms with Gasteiger partial charge in [-0.3, -0.25) is 4.79 Å². The molecule has 0 saturated carbocycles. The van der Waals surface area contributed by atoms with Crippen molar-refractivity contribution in [2.45, 2.75) is 52.9 Å². The smallest absolute Gasteiger partial charge is 0.337 e. The van der Waals surface area contributed by atoms with Gasteiger partial charge < -0.3 is 10.1 Å². The lowest BCUT2D eigenvalue weighted by atomic mass is 9.68. The fourth-order valence-electron chi connectivity index (χ4n) is 4.20. The molecule has 148 valence electrons. The first kappa shape index (κ1) is 20.1. The summed E-state index contributed by atoms with van der Waals surface area (Å²) in [6, 6.07) is 8.19. The van der Waals surface area contributed by atoms with E-state index in [0.717, 1.165) is 29.8 Å². The van der Waals surface area contributed by atoms with Gasteiger partial charge in [-0.1, -0.05) is 57.7 Å². The van der Waals surface area contributed by atoms with Crippen LogP contribution in [0, 0.1) is 5.41 Å². The van der Waals surface area contributed by atoms with Crippen molar-refractivity contribution in [3.05, 3.63) is 70.6 Å². The first-order valence-electron chi connectivity index (χ1n) is 9.88. The van der Waals surface area contributed by atoms with Crippen molar-refractivity contribution in [1.29, 1.82) is 0 Å². The summed E-state index contributed by atoms with van der Waals surface area (Å²) in [5.74, 6) is -0.702. The molecule has 1 aromatic rings. The molecule has 1 aliphatic carbocycles. The molecule has 1 heterocycles. The molecule has 1 atom stereocenters. The number of aryl methyl sites for hydroxylation is 1. The highest BCUT2D eigenvalue weighted by Crippen LogP contribution is 2.46. The molecule has 0 fully saturated rings. The zero-order valence-corrected chi connectivity index (χ0v) is 17.2. The van der Waals surface area contributed by atoms with Crippen LogP contribution in [0.25, 0.3) is 0 Å². The maximum Gasteiger partial charge on any atom is 0.337 e. The van der Waals surface area contributed by atoms with Crippen LogP contribution in [0.3, 0.4) is 0 Å². The van der Waals surface area contributed by atoms with Crippen molar-refractivity contribution >= 4 is 11.8 Å². The molecule has 0 bridgehead atoms. The van der Waals surface area contributed by atoms with Crippen LogP contribution in [0.15, 0.2) is 59.5 Å². The number of carbonyl (C=O) groups excluding carboxylic acids is 2. The number of hydrogen-bond acceptors (Lipinski definition) is 4. The Morgan fingerprint density at radius 2 is 1.96 bits per heavy atom. The van der Waals surface area contributed by atoms with Gasteiger partial charge in [0, 0.05) is 29.3 Å². The van der Waals surface area contributed by atoms with E-state index in [2.05, 4.69) is 44.8 Å². The van der Waals surface area contributed by atoms with Gasteiger partial charge in [0.2, 0.25) is 0 Å². The monoisotopic (exact) mass is 379 g/mol. The lowest BCUT2D eigenvalue weighted by Crippen LogP contribution is -2.38. The molecule has 3 rings (SSSR count). The standard InChI is InChI=1S/C24H29NO3/c1-6-12-28-23(27)20-15(3)25-18-13-24(4,5)14-19(26)22(18)21(20)17-10-8-16(7-2)9-11-17/h6,8-11,21,25H,1,7,12-14H2,2-5H3/t21-/m0/s1. The van der Waals surface area contributed by atoms with Crippen LogP contribution < -0.4 is 5.32 Å². The van der Waals surface area contributed by atoms with Gasteiger partial charge in [-0.25, -0.2) is 4.79 Å². The largest absolute Gasteiger partial charge is 0.458 e. The maximum atomic E-state index is 13.2. The van der Waals surface area contributed by atoms with Crippen molar-refractivity contribution in [2.24, 2.45) is 5.41 Å². The van der Waals surface area contributed by atoms with E-state index < -0.39 is 11.9 Å². The van der Waals surface area contributed by atoms with Crippen molar-refractivity contribution in [1.82, 2.24) is 5.32 Å². The summed E-state index contributed by atoms with van der Waals surface area (Å²) in [5, 5.41) is 3.35. The number of dihydropyridines is 1. The molecule has 0 radical (unpaired) electrons. The van der Waals surface area contributed by atoms with E-state index in [9.17, 15) is 9.59 Å². The molecule has 0 saturated heterocycles. The Balaban J connectivity index is 2.13. The molecule has 28 heavy (non-hydrogen) atoms. The zero-order chi connectivity index (χ0) is 20.5. The minimum Gasteiger partial charge on any atom is -0.458 e. The SMILES string of the molecule is C=CCOC(=O)C1=C(C)NC2=C(C(=O)CC(C)(C)C2)[C@H]1c1ccc(CC)cc1. The summed E-state index contributed by atoms with van der Waals surface area (Å²) >= 11 is 0. The minimum atomic E-state index is -0.404. The molecule has 1 N–H and O–H groups in total. The van der Waals surface area contributed by atoms with Crippen LogP contribution in [-0.2, 0) is 20.7 Å². The summed E-state index contributed by atoms with van der Waals surface area (Å²) in [4.78, 5) is 26.0. The van der Waals surface area contributed by atoms with Crippen LogP contribution >= 0.6 is 0 Å². The van der Waals surface area contributed by atoms with E-state index in [1.54, 1.807) is 6.08 Å². The van der Waals surface area contributed by atoms with E-state index in [0.29, 0.717) is 17.6 Å². The van der Waals surface area contributed by atoms with E-state index >= 15 is 0 Å². The van der Waals surface area contributed by atoms with Crippen molar-refractivity contribution in [3.63, 3.8) is 0 Å². The van der Waals surface area contributed by atoms with E-state index in [-0.39, 0.29) is 17.8 Å². The highest BCUT2D eigenvalue weighted by Gasteiger charge is 2.43. The fraction of sp³-hybridized carbons (Fsp3) is 0.417. The molecule has 1 aliphatic heterocycles. The molecule has 4 heteroatoms. The van der Waals surface area contributed by atoms with Gasteiger partial charge in [0.05, 0.1) is 5.57 Å². The Hall–Kier alpha value is -2.62. The average Bonchev–Trinajstić information content (AvgIpc) is 2.64. The Labute approximate surface area is 167 Å². The lowest BCUT2D eigenvalue weighted by Gasteiger charge is -2.39. The van der Waals surface area contributed by atoms with Gasteiger partial charge in [-0.15, -0.1) is 0 Å². The van der Waals surface area contributed by atoms with Gasteiger partial charge in [0.1, 0.15) is 6.61 Å². The van der Waals surface area contributed by atoms with Crippen LogP contribution in [0.2, 0.25) is 0 Å². The number of hydrogen-bond donors (Lipinski definition) is 1. The molecule has 1 aromatic carbocycles. The first-order valence-corrected chi connectivity index (χ1v) is 9.88. The molecular weight excluding hydrogens is 350 g/mol. The van der Waals surface area contributed by atoms with Crippen molar-refractivity contribution in [2.75, 3.05) is 6.61 Å². The number of allylic oxidation sites excluding steroid dienone is 3. The third kappa shape index (κ3) is 3.82. The fourth-order valence-corrected chi connectivity index (χ4v) is 4.20. The molecule has 0 amide bonds. The summed E-state index contributed by atoms with van der Waals surface area (Å²) in [5.41, 5.74) is 4.98. The first-order chi connectivity index (χ1) is 13.3. The number of ether oxygens (including phenoxy) is 1. The second-order valence-corrected chi connectivity index (χ2v) is 8.41. The number of nitrogens with one attached hydrogen (secondary N) is 1.